The summed E-state index contributed by atoms with van der Waals surface area (Å²) in [6.07, 6.45) is 2.41. The van der Waals surface area contributed by atoms with Crippen molar-refractivity contribution in [2.45, 2.75) is 39.3 Å². The molecule has 1 N–H and O–H groups in total. The summed E-state index contributed by atoms with van der Waals surface area (Å²) in [5.74, 6) is -0.0916. The molecule has 112 valence electrons. The third-order valence-corrected chi connectivity index (χ3v) is 4.00. The lowest BCUT2D eigenvalue weighted by Gasteiger charge is -2.33. The molecule has 1 aromatic rings. The van der Waals surface area contributed by atoms with Crippen LogP contribution in [-0.2, 0) is 6.54 Å². The average Bonchev–Trinajstić information content (AvgIpc) is 2.43. The van der Waals surface area contributed by atoms with Crippen molar-refractivity contribution in [2.75, 3.05) is 19.6 Å². The first-order valence-electron chi connectivity index (χ1n) is 7.45. The molecule has 0 bridgehead atoms. The van der Waals surface area contributed by atoms with Crippen LogP contribution in [0.3, 0.4) is 0 Å². The van der Waals surface area contributed by atoms with Crippen LogP contribution in [0.4, 0.5) is 8.78 Å². The second-order valence-electron chi connectivity index (χ2n) is 5.97. The van der Waals surface area contributed by atoms with Gasteiger partial charge in [-0.15, -0.1) is 0 Å². The van der Waals surface area contributed by atoms with Crippen LogP contribution in [-0.4, -0.2) is 30.6 Å². The maximum Gasteiger partial charge on any atom is 0.127 e. The zero-order valence-electron chi connectivity index (χ0n) is 12.3. The number of halogens is 2. The van der Waals surface area contributed by atoms with E-state index in [-0.39, 0.29) is 11.6 Å². The van der Waals surface area contributed by atoms with Crippen molar-refractivity contribution in [3.05, 3.63) is 35.4 Å². The minimum Gasteiger partial charge on any atom is -0.316 e. The molecule has 1 fully saturated rings. The number of nitrogens with zero attached hydrogens (tertiary/aromatic N) is 1. The fraction of sp³-hybridized carbons (Fsp3) is 0.625. The Balaban J connectivity index is 2.02. The molecule has 1 heterocycles. The third-order valence-electron chi connectivity index (χ3n) is 4.00. The lowest BCUT2D eigenvalue weighted by atomic mass is 9.98. The first-order valence-corrected chi connectivity index (χ1v) is 7.45. The third kappa shape index (κ3) is 4.25. The molecule has 0 spiro atoms. The number of nitrogens with one attached hydrogen (secondary N) is 1. The molecule has 0 aromatic heterocycles. The van der Waals surface area contributed by atoms with Gasteiger partial charge in [-0.05, 0) is 63.9 Å². The van der Waals surface area contributed by atoms with Crippen LogP contribution in [0.1, 0.15) is 32.3 Å². The zero-order chi connectivity index (χ0) is 14.5. The quantitative estimate of drug-likeness (QED) is 0.892. The van der Waals surface area contributed by atoms with Crippen LogP contribution in [0.2, 0.25) is 0 Å². The van der Waals surface area contributed by atoms with Crippen molar-refractivity contribution in [3.8, 4) is 0 Å². The first kappa shape index (κ1) is 15.4. The van der Waals surface area contributed by atoms with Gasteiger partial charge in [0.25, 0.3) is 0 Å². The molecular formula is C16H24F2N2. The number of piperidine rings is 1. The van der Waals surface area contributed by atoms with E-state index in [9.17, 15) is 8.78 Å². The lowest BCUT2D eigenvalue weighted by molar-refractivity contribution is 0.162. The van der Waals surface area contributed by atoms with Gasteiger partial charge in [-0.3, -0.25) is 4.90 Å². The van der Waals surface area contributed by atoms with Crippen LogP contribution in [0, 0.1) is 17.6 Å². The summed E-state index contributed by atoms with van der Waals surface area (Å²) in [6, 6.07) is 4.01. The monoisotopic (exact) mass is 282 g/mol. The molecule has 1 aliphatic heterocycles. The van der Waals surface area contributed by atoms with Gasteiger partial charge in [-0.2, -0.15) is 0 Å². The Kier molecular flexibility index (Phi) is 5.49. The average molecular weight is 282 g/mol. The van der Waals surface area contributed by atoms with Crippen LogP contribution in [0.5, 0.6) is 0 Å². The van der Waals surface area contributed by atoms with Gasteiger partial charge in [0.1, 0.15) is 11.6 Å². The highest BCUT2D eigenvalue weighted by Gasteiger charge is 2.20. The number of benzene rings is 1. The summed E-state index contributed by atoms with van der Waals surface area (Å²) in [7, 11) is 0. The molecule has 0 radical (unpaired) electrons. The molecule has 20 heavy (non-hydrogen) atoms. The molecule has 2 rings (SSSR count). The highest BCUT2D eigenvalue weighted by Crippen LogP contribution is 2.18. The predicted molar refractivity (Wildman–Crippen MR) is 77.5 cm³/mol. The van der Waals surface area contributed by atoms with Gasteiger partial charge >= 0.3 is 0 Å². The van der Waals surface area contributed by atoms with Gasteiger partial charge in [0, 0.05) is 24.7 Å². The van der Waals surface area contributed by atoms with E-state index < -0.39 is 0 Å². The molecular weight excluding hydrogens is 258 g/mol. The highest BCUT2D eigenvalue weighted by atomic mass is 19.1. The number of hydrogen-bond donors (Lipinski definition) is 1. The summed E-state index contributed by atoms with van der Waals surface area (Å²) in [5.41, 5.74) is 0.447. The minimum absolute atomic E-state index is 0.319. The Bertz CT molecular complexity index is 428. The molecule has 1 saturated heterocycles. The fourth-order valence-electron chi connectivity index (χ4n) is 2.75. The van der Waals surface area contributed by atoms with Crippen molar-refractivity contribution >= 4 is 0 Å². The van der Waals surface area contributed by atoms with Crippen molar-refractivity contribution in [1.82, 2.24) is 10.2 Å². The summed E-state index contributed by atoms with van der Waals surface area (Å²) in [5, 5.41) is 3.40. The summed E-state index contributed by atoms with van der Waals surface area (Å²) >= 11 is 0. The van der Waals surface area contributed by atoms with Crippen molar-refractivity contribution in [2.24, 2.45) is 5.92 Å². The second-order valence-corrected chi connectivity index (χ2v) is 5.97. The molecule has 2 nitrogen and oxygen atoms in total. The van der Waals surface area contributed by atoms with Gasteiger partial charge in [0.15, 0.2) is 0 Å². The van der Waals surface area contributed by atoms with Crippen molar-refractivity contribution in [3.63, 3.8) is 0 Å². The molecule has 4 heteroatoms. The second kappa shape index (κ2) is 7.14. The predicted octanol–water partition coefficient (Wildman–Crippen LogP) is 3.17. The van der Waals surface area contributed by atoms with Gasteiger partial charge in [0.2, 0.25) is 0 Å². The molecule has 0 saturated carbocycles. The minimum atomic E-state index is -0.371. The van der Waals surface area contributed by atoms with E-state index in [0.717, 1.165) is 19.6 Å². The van der Waals surface area contributed by atoms with Gasteiger partial charge in [0.05, 0.1) is 0 Å². The van der Waals surface area contributed by atoms with Crippen LogP contribution >= 0.6 is 0 Å². The van der Waals surface area contributed by atoms with Crippen LogP contribution in [0.25, 0.3) is 0 Å². The molecule has 1 atom stereocenters. The lowest BCUT2D eigenvalue weighted by Crippen LogP contribution is -2.40. The summed E-state index contributed by atoms with van der Waals surface area (Å²) in [4.78, 5) is 2.23. The Labute approximate surface area is 120 Å². The molecule has 1 unspecified atom stereocenters. The topological polar surface area (TPSA) is 15.3 Å². The molecule has 0 aliphatic carbocycles. The fourth-order valence-corrected chi connectivity index (χ4v) is 2.75. The maximum atomic E-state index is 13.8. The summed E-state index contributed by atoms with van der Waals surface area (Å²) in [6.45, 7) is 7.73. The first-order chi connectivity index (χ1) is 9.56. The van der Waals surface area contributed by atoms with Crippen molar-refractivity contribution < 1.29 is 8.78 Å². The van der Waals surface area contributed by atoms with Crippen LogP contribution in [0.15, 0.2) is 18.2 Å². The molecule has 1 aromatic carbocycles. The largest absolute Gasteiger partial charge is 0.316 e. The molecule has 0 amide bonds. The normalized spacial score (nSPS) is 19.8. The van der Waals surface area contributed by atoms with E-state index in [0.29, 0.717) is 24.1 Å². The standard InChI is InChI=1S/C16H24F2N2/c1-12(2)20(10-13-4-3-7-19-9-13)11-14-8-15(17)5-6-16(14)18/h5-6,8,12-13,19H,3-4,7,9-11H2,1-2H3. The number of rotatable bonds is 5. The van der Waals surface area contributed by atoms with E-state index in [4.69, 9.17) is 0 Å². The van der Waals surface area contributed by atoms with Gasteiger partial charge in [-0.1, -0.05) is 0 Å². The SMILES string of the molecule is CC(C)N(Cc1cc(F)ccc1F)CC1CCCNC1. The van der Waals surface area contributed by atoms with Gasteiger partial charge in [-0.25, -0.2) is 8.78 Å². The Morgan fingerprint density at radius 3 is 2.80 bits per heavy atom. The van der Waals surface area contributed by atoms with E-state index in [1.165, 1.54) is 31.0 Å². The van der Waals surface area contributed by atoms with Crippen LogP contribution < -0.4 is 5.32 Å². The highest BCUT2D eigenvalue weighted by molar-refractivity contribution is 5.18. The number of hydrogen-bond acceptors (Lipinski definition) is 2. The molecule has 1 aliphatic rings. The smallest absolute Gasteiger partial charge is 0.127 e. The van der Waals surface area contributed by atoms with Gasteiger partial charge < -0.3 is 5.32 Å². The van der Waals surface area contributed by atoms with E-state index >= 15 is 0 Å². The van der Waals surface area contributed by atoms with E-state index in [2.05, 4.69) is 24.1 Å². The van der Waals surface area contributed by atoms with Crippen molar-refractivity contribution in [1.29, 1.82) is 0 Å². The van der Waals surface area contributed by atoms with E-state index in [1.54, 1.807) is 0 Å². The van der Waals surface area contributed by atoms with E-state index in [1.807, 2.05) is 0 Å². The Hall–Kier alpha value is -1.00. The zero-order valence-corrected chi connectivity index (χ0v) is 12.3. The Morgan fingerprint density at radius 1 is 1.35 bits per heavy atom. The summed E-state index contributed by atoms with van der Waals surface area (Å²) < 4.78 is 27.0. The maximum absolute atomic E-state index is 13.8. The Morgan fingerprint density at radius 2 is 2.15 bits per heavy atom.